The summed E-state index contributed by atoms with van der Waals surface area (Å²) in [5, 5.41) is 9.47. The average molecular weight is 365 g/mol. The molecule has 138 valence electrons. The number of nitrogens with zero attached hydrogens (tertiary/aromatic N) is 1. The van der Waals surface area contributed by atoms with Crippen molar-refractivity contribution in [2.45, 2.75) is 78.1 Å². The lowest BCUT2D eigenvalue weighted by atomic mass is 10.1. The van der Waals surface area contributed by atoms with Crippen molar-refractivity contribution in [1.82, 2.24) is 4.98 Å². The predicted molar refractivity (Wildman–Crippen MR) is 101 cm³/mol. The molecule has 0 aliphatic rings. The van der Waals surface area contributed by atoms with E-state index >= 15 is 0 Å². The van der Waals surface area contributed by atoms with Crippen LogP contribution >= 0.6 is 11.3 Å². The largest absolute Gasteiger partial charge is 0.477 e. The predicted octanol–water partition coefficient (Wildman–Crippen LogP) is 5.33. The summed E-state index contributed by atoms with van der Waals surface area (Å²) in [6, 6.07) is 0. The van der Waals surface area contributed by atoms with Gasteiger partial charge in [-0.25, -0.2) is 14.6 Å². The molecule has 6 heteroatoms. The van der Waals surface area contributed by atoms with Gasteiger partial charge in [0.25, 0.3) is 0 Å². The summed E-state index contributed by atoms with van der Waals surface area (Å²) in [5.74, 6) is -0.612. The number of unbranched alkanes of at least 4 members (excludes halogenated alkanes) is 8. The Hall–Kier alpha value is -1.69. The molecule has 2 heterocycles. The normalized spacial score (nSPS) is 11.3. The first kappa shape index (κ1) is 19.6. The van der Waals surface area contributed by atoms with E-state index in [1.807, 2.05) is 0 Å². The van der Waals surface area contributed by atoms with Crippen LogP contribution in [0.15, 0.2) is 9.21 Å². The molecular weight excluding hydrogens is 338 g/mol. The van der Waals surface area contributed by atoms with Crippen LogP contribution in [0.25, 0.3) is 10.2 Å². The topological polar surface area (TPSA) is 80.4 Å². The first-order chi connectivity index (χ1) is 12.0. The van der Waals surface area contributed by atoms with Crippen LogP contribution in [-0.4, -0.2) is 16.1 Å². The van der Waals surface area contributed by atoms with Gasteiger partial charge in [0.15, 0.2) is 5.89 Å². The first-order valence-electron chi connectivity index (χ1n) is 9.21. The highest BCUT2D eigenvalue weighted by atomic mass is 32.1. The van der Waals surface area contributed by atoms with Crippen LogP contribution in [0.1, 0.15) is 85.8 Å². The maximum atomic E-state index is 12.1. The fraction of sp³-hybridized carbons (Fsp3) is 0.632. The third-order valence-corrected chi connectivity index (χ3v) is 5.63. The van der Waals surface area contributed by atoms with Crippen LogP contribution in [-0.2, 0) is 6.42 Å². The summed E-state index contributed by atoms with van der Waals surface area (Å²) in [5.41, 5.74) is -0.0273. The molecule has 0 aromatic carbocycles. The standard InChI is InChI=1S/C19H27NO4S/c1-3-4-5-6-7-8-9-10-11-12-14-20-17-15(19(23)24-14)13(2)16(25-17)18(21)22/h3-12H2,1-2H3,(H,21,22). The molecule has 0 atom stereocenters. The number of aromatic nitrogens is 1. The van der Waals surface area contributed by atoms with Crippen molar-refractivity contribution in [3.8, 4) is 0 Å². The molecule has 2 rings (SSSR count). The molecule has 0 amide bonds. The van der Waals surface area contributed by atoms with E-state index in [4.69, 9.17) is 9.52 Å². The van der Waals surface area contributed by atoms with Gasteiger partial charge in [0.05, 0.1) is 0 Å². The number of thiophene rings is 1. The quantitative estimate of drug-likeness (QED) is 0.544. The summed E-state index contributed by atoms with van der Waals surface area (Å²) in [4.78, 5) is 28.3. The van der Waals surface area contributed by atoms with Gasteiger partial charge in [-0.1, -0.05) is 58.3 Å². The minimum atomic E-state index is -1.03. The number of aryl methyl sites for hydroxylation is 2. The van der Waals surface area contributed by atoms with Crippen LogP contribution in [0.2, 0.25) is 0 Å². The van der Waals surface area contributed by atoms with Gasteiger partial charge in [0, 0.05) is 6.42 Å². The van der Waals surface area contributed by atoms with Crippen LogP contribution in [0.3, 0.4) is 0 Å². The van der Waals surface area contributed by atoms with Crippen LogP contribution in [0.5, 0.6) is 0 Å². The van der Waals surface area contributed by atoms with E-state index < -0.39 is 11.6 Å². The minimum absolute atomic E-state index is 0.162. The summed E-state index contributed by atoms with van der Waals surface area (Å²) in [6.07, 6.45) is 11.7. The SMILES string of the molecule is CCCCCCCCCCCc1nc2sc(C(=O)O)c(C)c2c(=O)o1. The lowest BCUT2D eigenvalue weighted by molar-refractivity contribution is 0.0701. The molecule has 2 aromatic heterocycles. The highest BCUT2D eigenvalue weighted by Crippen LogP contribution is 2.27. The third kappa shape index (κ3) is 5.39. The molecule has 0 aliphatic carbocycles. The molecule has 2 aromatic rings. The second kappa shape index (κ2) is 9.70. The Bertz CT molecular complexity index is 763. The van der Waals surface area contributed by atoms with E-state index in [0.29, 0.717) is 28.1 Å². The Morgan fingerprint density at radius 3 is 2.28 bits per heavy atom. The van der Waals surface area contributed by atoms with E-state index in [0.717, 1.165) is 24.2 Å². The van der Waals surface area contributed by atoms with Gasteiger partial charge < -0.3 is 9.52 Å². The van der Waals surface area contributed by atoms with Crippen molar-refractivity contribution in [3.63, 3.8) is 0 Å². The molecule has 5 nitrogen and oxygen atoms in total. The fourth-order valence-electron chi connectivity index (χ4n) is 3.01. The lowest BCUT2D eigenvalue weighted by Gasteiger charge is -2.02. The van der Waals surface area contributed by atoms with Crippen LogP contribution in [0, 0.1) is 6.92 Å². The Labute approximate surface area is 152 Å². The van der Waals surface area contributed by atoms with Crippen LogP contribution in [0.4, 0.5) is 0 Å². The van der Waals surface area contributed by atoms with Crippen molar-refractivity contribution < 1.29 is 14.3 Å². The number of rotatable bonds is 11. The summed E-state index contributed by atoms with van der Waals surface area (Å²) < 4.78 is 5.28. The Morgan fingerprint density at radius 1 is 1.08 bits per heavy atom. The average Bonchev–Trinajstić information content (AvgIpc) is 2.91. The van der Waals surface area contributed by atoms with Crippen molar-refractivity contribution in [2.24, 2.45) is 0 Å². The molecular formula is C19H27NO4S. The zero-order chi connectivity index (χ0) is 18.2. The number of hydrogen-bond donors (Lipinski definition) is 1. The van der Waals surface area contributed by atoms with Gasteiger partial charge in [-0.2, -0.15) is 0 Å². The number of carboxylic acids is 1. The first-order valence-corrected chi connectivity index (χ1v) is 10.0. The maximum Gasteiger partial charge on any atom is 0.348 e. The number of carbonyl (C=O) groups is 1. The van der Waals surface area contributed by atoms with E-state index in [9.17, 15) is 9.59 Å². The van der Waals surface area contributed by atoms with Gasteiger partial charge >= 0.3 is 11.6 Å². The number of carboxylic acid groups (broad SMARTS) is 1. The lowest BCUT2D eigenvalue weighted by Crippen LogP contribution is -2.05. The van der Waals surface area contributed by atoms with Gasteiger partial charge in [-0.3, -0.25) is 0 Å². The molecule has 0 saturated heterocycles. The number of hydrogen-bond acceptors (Lipinski definition) is 5. The zero-order valence-electron chi connectivity index (χ0n) is 15.1. The van der Waals surface area contributed by atoms with Crippen molar-refractivity contribution in [1.29, 1.82) is 0 Å². The van der Waals surface area contributed by atoms with E-state index in [2.05, 4.69) is 11.9 Å². The second-order valence-electron chi connectivity index (χ2n) is 6.51. The molecule has 25 heavy (non-hydrogen) atoms. The Kier molecular flexibility index (Phi) is 7.62. The van der Waals surface area contributed by atoms with Gasteiger partial charge in [0.2, 0.25) is 0 Å². The Morgan fingerprint density at radius 2 is 1.68 bits per heavy atom. The molecule has 0 radical (unpaired) electrons. The monoisotopic (exact) mass is 365 g/mol. The molecule has 1 N–H and O–H groups in total. The second-order valence-corrected chi connectivity index (χ2v) is 7.51. The third-order valence-electron chi connectivity index (χ3n) is 4.46. The number of aromatic carboxylic acids is 1. The Balaban J connectivity index is 1.84. The fourth-order valence-corrected chi connectivity index (χ4v) is 4.03. The van der Waals surface area contributed by atoms with Crippen LogP contribution < -0.4 is 5.63 Å². The smallest absolute Gasteiger partial charge is 0.348 e. The van der Waals surface area contributed by atoms with Crippen molar-refractivity contribution in [3.05, 3.63) is 26.8 Å². The van der Waals surface area contributed by atoms with E-state index in [1.165, 1.54) is 44.9 Å². The summed E-state index contributed by atoms with van der Waals surface area (Å²) in [7, 11) is 0. The molecule has 0 bridgehead atoms. The highest BCUT2D eigenvalue weighted by Gasteiger charge is 2.19. The molecule has 0 spiro atoms. The molecule has 0 unspecified atom stereocenters. The molecule has 0 aliphatic heterocycles. The maximum absolute atomic E-state index is 12.1. The molecule has 0 saturated carbocycles. The summed E-state index contributed by atoms with van der Waals surface area (Å²) >= 11 is 1.05. The van der Waals surface area contributed by atoms with E-state index in [-0.39, 0.29) is 4.88 Å². The number of fused-ring (bicyclic) bond motifs is 1. The zero-order valence-corrected chi connectivity index (χ0v) is 15.9. The van der Waals surface area contributed by atoms with Crippen molar-refractivity contribution in [2.75, 3.05) is 0 Å². The van der Waals surface area contributed by atoms with Gasteiger partial charge in [-0.05, 0) is 18.9 Å². The van der Waals surface area contributed by atoms with Gasteiger partial charge in [0.1, 0.15) is 15.1 Å². The van der Waals surface area contributed by atoms with Gasteiger partial charge in [-0.15, -0.1) is 11.3 Å². The summed E-state index contributed by atoms with van der Waals surface area (Å²) in [6.45, 7) is 3.85. The highest BCUT2D eigenvalue weighted by molar-refractivity contribution is 7.20. The van der Waals surface area contributed by atoms with Crippen molar-refractivity contribution >= 4 is 27.5 Å². The minimum Gasteiger partial charge on any atom is -0.477 e. The molecule has 0 fully saturated rings. The van der Waals surface area contributed by atoms with E-state index in [1.54, 1.807) is 6.92 Å².